The first-order chi connectivity index (χ1) is 10.2. The van der Waals surface area contributed by atoms with Crippen LogP contribution in [0.4, 0.5) is 0 Å². The number of aliphatic hydroxyl groups is 1. The van der Waals surface area contributed by atoms with Crippen molar-refractivity contribution in [2.75, 3.05) is 13.1 Å². The Hall–Kier alpha value is -1.10. The van der Waals surface area contributed by atoms with Crippen LogP contribution in [0.5, 0.6) is 0 Å². The molecular formula is C17H25ClN2O2. The number of rotatable bonds is 4. The van der Waals surface area contributed by atoms with Gasteiger partial charge in [-0.1, -0.05) is 37.1 Å². The lowest BCUT2D eigenvalue weighted by molar-refractivity contribution is -0.134. The number of aliphatic hydroxyl groups excluding tert-OH is 1. The summed E-state index contributed by atoms with van der Waals surface area (Å²) in [6.45, 7) is 2.38. The molecule has 122 valence electrons. The summed E-state index contributed by atoms with van der Waals surface area (Å²) in [7, 11) is 0. The molecule has 2 aliphatic rings. The van der Waals surface area contributed by atoms with Crippen LogP contribution >= 0.6 is 12.4 Å². The highest BCUT2D eigenvalue weighted by atomic mass is 35.5. The third-order valence-electron chi connectivity index (χ3n) is 5.12. The first-order valence-corrected chi connectivity index (χ1v) is 7.92. The molecule has 22 heavy (non-hydrogen) atoms. The quantitative estimate of drug-likeness (QED) is 0.794. The van der Waals surface area contributed by atoms with Crippen LogP contribution in [0.2, 0.25) is 0 Å². The number of carbonyl (C=O) groups is 1. The van der Waals surface area contributed by atoms with E-state index in [1.165, 1.54) is 12.8 Å². The van der Waals surface area contributed by atoms with Crippen LogP contribution in [0.3, 0.4) is 0 Å². The number of benzene rings is 1. The van der Waals surface area contributed by atoms with Crippen molar-refractivity contribution in [2.45, 2.75) is 38.8 Å². The molecule has 0 spiro atoms. The van der Waals surface area contributed by atoms with Gasteiger partial charge in [0.15, 0.2) is 0 Å². The molecule has 4 nitrogen and oxygen atoms in total. The zero-order valence-corrected chi connectivity index (χ0v) is 13.6. The lowest BCUT2D eigenvalue weighted by Gasteiger charge is -2.37. The molecule has 1 saturated carbocycles. The van der Waals surface area contributed by atoms with Crippen molar-refractivity contribution in [2.24, 2.45) is 11.3 Å². The second-order valence-electron chi connectivity index (χ2n) is 6.39. The molecule has 1 aliphatic carbocycles. The molecular weight excluding hydrogens is 300 g/mol. The van der Waals surface area contributed by atoms with Gasteiger partial charge in [-0.2, -0.15) is 0 Å². The summed E-state index contributed by atoms with van der Waals surface area (Å²) in [6.07, 6.45) is 4.58. The van der Waals surface area contributed by atoms with Crippen LogP contribution in [-0.4, -0.2) is 24.1 Å². The normalized spacial score (nSPS) is 26.9. The fourth-order valence-corrected chi connectivity index (χ4v) is 3.89. The molecule has 1 aromatic carbocycles. The molecule has 0 aromatic heterocycles. The van der Waals surface area contributed by atoms with Gasteiger partial charge in [0.25, 0.3) is 0 Å². The number of fused-ring (bicyclic) bond motifs is 1. The molecule has 1 aromatic rings. The van der Waals surface area contributed by atoms with Crippen LogP contribution in [0.15, 0.2) is 24.3 Å². The van der Waals surface area contributed by atoms with E-state index >= 15 is 0 Å². The minimum absolute atomic E-state index is 0. The Morgan fingerprint density at radius 1 is 1.36 bits per heavy atom. The third-order valence-corrected chi connectivity index (χ3v) is 5.12. The fraction of sp³-hybridized carbons (Fsp3) is 0.588. The van der Waals surface area contributed by atoms with E-state index in [9.17, 15) is 4.79 Å². The molecule has 1 aliphatic heterocycles. The summed E-state index contributed by atoms with van der Waals surface area (Å²) in [5.41, 5.74) is 1.75. The number of amides is 1. The fourth-order valence-electron chi connectivity index (χ4n) is 3.89. The predicted octanol–water partition coefficient (Wildman–Crippen LogP) is 2.00. The van der Waals surface area contributed by atoms with Crippen molar-refractivity contribution in [3.8, 4) is 0 Å². The molecule has 3 rings (SSSR count). The van der Waals surface area contributed by atoms with E-state index in [1.807, 2.05) is 24.3 Å². The molecule has 2 fully saturated rings. The Morgan fingerprint density at radius 3 is 3.00 bits per heavy atom. The molecule has 1 saturated heterocycles. The Balaban J connectivity index is 0.00000176. The van der Waals surface area contributed by atoms with Crippen LogP contribution in [0, 0.1) is 11.3 Å². The molecule has 1 heterocycles. The zero-order valence-electron chi connectivity index (χ0n) is 12.8. The second kappa shape index (κ2) is 7.44. The predicted molar refractivity (Wildman–Crippen MR) is 88.7 cm³/mol. The minimum atomic E-state index is -0.188. The Kier molecular flexibility index (Phi) is 5.84. The van der Waals surface area contributed by atoms with E-state index in [4.69, 9.17) is 5.11 Å². The molecule has 5 heteroatoms. The van der Waals surface area contributed by atoms with Gasteiger partial charge in [-0.05, 0) is 36.4 Å². The molecule has 0 unspecified atom stereocenters. The van der Waals surface area contributed by atoms with Gasteiger partial charge in [0.1, 0.15) is 0 Å². The van der Waals surface area contributed by atoms with Gasteiger partial charge in [0.2, 0.25) is 5.91 Å². The van der Waals surface area contributed by atoms with E-state index in [1.54, 1.807) is 0 Å². The average molecular weight is 325 g/mol. The second-order valence-corrected chi connectivity index (χ2v) is 6.39. The van der Waals surface area contributed by atoms with Gasteiger partial charge in [-0.3, -0.25) is 4.79 Å². The van der Waals surface area contributed by atoms with E-state index in [2.05, 4.69) is 10.6 Å². The average Bonchev–Trinajstić information content (AvgIpc) is 2.98. The minimum Gasteiger partial charge on any atom is -0.392 e. The lowest BCUT2D eigenvalue weighted by atomic mass is 9.67. The van der Waals surface area contributed by atoms with Crippen molar-refractivity contribution in [1.29, 1.82) is 0 Å². The number of carbonyl (C=O) groups excluding carboxylic acids is 1. The van der Waals surface area contributed by atoms with E-state index < -0.39 is 0 Å². The highest BCUT2D eigenvalue weighted by Gasteiger charge is 2.49. The third kappa shape index (κ3) is 3.29. The number of hydrogen-bond acceptors (Lipinski definition) is 3. The van der Waals surface area contributed by atoms with Crippen molar-refractivity contribution >= 4 is 18.3 Å². The number of hydrogen-bond donors (Lipinski definition) is 3. The van der Waals surface area contributed by atoms with Crippen molar-refractivity contribution in [3.63, 3.8) is 0 Å². The van der Waals surface area contributed by atoms with E-state index in [-0.39, 0.29) is 30.3 Å². The maximum absolute atomic E-state index is 12.7. The van der Waals surface area contributed by atoms with Gasteiger partial charge < -0.3 is 15.7 Å². The van der Waals surface area contributed by atoms with Crippen LogP contribution in [-0.2, 0) is 17.9 Å². The molecule has 3 N–H and O–H groups in total. The topological polar surface area (TPSA) is 61.4 Å². The van der Waals surface area contributed by atoms with Crippen LogP contribution < -0.4 is 10.6 Å². The summed E-state index contributed by atoms with van der Waals surface area (Å²) >= 11 is 0. The monoisotopic (exact) mass is 324 g/mol. The number of halogens is 1. The Labute approximate surface area is 138 Å². The molecule has 2 atom stereocenters. The first-order valence-electron chi connectivity index (χ1n) is 7.92. The van der Waals surface area contributed by atoms with Gasteiger partial charge in [-0.15, -0.1) is 12.4 Å². The molecule has 1 amide bonds. The van der Waals surface area contributed by atoms with E-state index in [0.717, 1.165) is 37.1 Å². The van der Waals surface area contributed by atoms with Gasteiger partial charge in [0.05, 0.1) is 12.0 Å². The SMILES string of the molecule is Cl.O=C(NCc1cccc(CO)c1)[C@@]12CCCC[C@H]1CNC2. The van der Waals surface area contributed by atoms with Crippen molar-refractivity contribution in [3.05, 3.63) is 35.4 Å². The maximum Gasteiger partial charge on any atom is 0.228 e. The highest BCUT2D eigenvalue weighted by Crippen LogP contribution is 2.43. The van der Waals surface area contributed by atoms with E-state index in [0.29, 0.717) is 12.5 Å². The lowest BCUT2D eigenvalue weighted by Crippen LogP contribution is -2.47. The molecule has 0 bridgehead atoms. The standard InChI is InChI=1S/C17H24N2O2.ClH/c20-11-14-5-3-4-13(8-14)9-19-16(21)17-7-2-1-6-15(17)10-18-12-17;/h3-5,8,15,18,20H,1-2,6-7,9-12H2,(H,19,21);1H/t15-,17+;/m0./s1. The van der Waals surface area contributed by atoms with Crippen LogP contribution in [0.1, 0.15) is 36.8 Å². The largest absolute Gasteiger partial charge is 0.392 e. The summed E-state index contributed by atoms with van der Waals surface area (Å²) in [5, 5.41) is 15.7. The van der Waals surface area contributed by atoms with Crippen LogP contribution in [0.25, 0.3) is 0 Å². The van der Waals surface area contributed by atoms with Crippen molar-refractivity contribution in [1.82, 2.24) is 10.6 Å². The first kappa shape index (κ1) is 17.3. The smallest absolute Gasteiger partial charge is 0.228 e. The van der Waals surface area contributed by atoms with Gasteiger partial charge in [0, 0.05) is 13.1 Å². The Bertz CT molecular complexity index is 523. The summed E-state index contributed by atoms with van der Waals surface area (Å²) < 4.78 is 0. The summed E-state index contributed by atoms with van der Waals surface area (Å²) in [6, 6.07) is 7.75. The molecule has 0 radical (unpaired) electrons. The summed E-state index contributed by atoms with van der Waals surface area (Å²) in [4.78, 5) is 12.7. The Morgan fingerprint density at radius 2 is 2.18 bits per heavy atom. The van der Waals surface area contributed by atoms with Crippen molar-refractivity contribution < 1.29 is 9.90 Å². The van der Waals surface area contributed by atoms with Gasteiger partial charge >= 0.3 is 0 Å². The summed E-state index contributed by atoms with van der Waals surface area (Å²) in [5.74, 6) is 0.696. The number of nitrogens with one attached hydrogen (secondary N) is 2. The van der Waals surface area contributed by atoms with Gasteiger partial charge in [-0.25, -0.2) is 0 Å². The maximum atomic E-state index is 12.7. The zero-order chi connectivity index (χ0) is 14.7. The highest BCUT2D eigenvalue weighted by molar-refractivity contribution is 5.85.